The van der Waals surface area contributed by atoms with Crippen molar-refractivity contribution < 1.29 is 22.6 Å². The summed E-state index contributed by atoms with van der Waals surface area (Å²) in [7, 11) is 3.19. The van der Waals surface area contributed by atoms with Gasteiger partial charge in [-0.05, 0) is 84.3 Å². The number of ether oxygens (including phenoxy) is 2. The maximum atomic E-state index is 14.2. The van der Waals surface area contributed by atoms with E-state index < -0.39 is 11.7 Å². The van der Waals surface area contributed by atoms with Crippen LogP contribution in [-0.2, 0) is 6.18 Å². The fraction of sp³-hybridized carbons (Fsp3) is 0.0976. The number of para-hydroxylation sites is 2. The first-order valence-electron chi connectivity index (χ1n) is 15.6. The molecule has 0 aliphatic rings. The number of nitrogens with zero attached hydrogens (tertiary/aromatic N) is 3. The van der Waals surface area contributed by atoms with Crippen molar-refractivity contribution in [3.8, 4) is 40.1 Å². The maximum Gasteiger partial charge on any atom is 0.416 e. The van der Waals surface area contributed by atoms with Crippen LogP contribution >= 0.6 is 0 Å². The third-order valence-corrected chi connectivity index (χ3v) is 9.19. The summed E-state index contributed by atoms with van der Waals surface area (Å²) >= 11 is 0. The molecule has 0 unspecified atom stereocenters. The Bertz CT molecular complexity index is 2520. The van der Waals surface area contributed by atoms with Gasteiger partial charge in [-0.2, -0.15) is 18.4 Å². The lowest BCUT2D eigenvalue weighted by Crippen LogP contribution is -2.07. The Labute approximate surface area is 279 Å². The van der Waals surface area contributed by atoms with Gasteiger partial charge in [0.2, 0.25) is 0 Å². The second-order valence-electron chi connectivity index (χ2n) is 12.1. The molecule has 0 aliphatic carbocycles. The molecule has 8 rings (SSSR count). The SMILES string of the molecule is COc1ccc2c3ccccc3n(-c3cc(-c4cc(C)cc(C(F)(F)F)c4)cc(-n4c5ccccc5c5ccc(OC)cc54)c3C#N)c2c1. The highest BCUT2D eigenvalue weighted by atomic mass is 19.4. The maximum absolute atomic E-state index is 14.2. The second kappa shape index (κ2) is 11.2. The topological polar surface area (TPSA) is 52.1 Å². The molecule has 0 N–H and O–H groups in total. The Balaban J connectivity index is 1.57. The molecule has 0 atom stereocenters. The fourth-order valence-electron chi connectivity index (χ4n) is 7.03. The lowest BCUT2D eigenvalue weighted by Gasteiger charge is -2.19. The highest BCUT2D eigenvalue weighted by Gasteiger charge is 2.31. The van der Waals surface area contributed by atoms with Crippen molar-refractivity contribution in [3.05, 3.63) is 132 Å². The Morgan fingerprint density at radius 3 is 1.51 bits per heavy atom. The van der Waals surface area contributed by atoms with Crippen molar-refractivity contribution in [1.82, 2.24) is 9.13 Å². The van der Waals surface area contributed by atoms with E-state index in [-0.39, 0.29) is 0 Å². The van der Waals surface area contributed by atoms with E-state index in [1.54, 1.807) is 27.2 Å². The molecule has 0 radical (unpaired) electrons. The predicted octanol–water partition coefficient (Wildman–Crippen LogP) is 10.8. The van der Waals surface area contributed by atoms with Crippen LogP contribution in [0.1, 0.15) is 16.7 Å². The molecule has 0 saturated carbocycles. The molecular formula is C41H28F3N3O2. The smallest absolute Gasteiger partial charge is 0.416 e. The molecule has 49 heavy (non-hydrogen) atoms. The Kier molecular flexibility index (Phi) is 6.90. The zero-order valence-corrected chi connectivity index (χ0v) is 26.8. The van der Waals surface area contributed by atoms with Gasteiger partial charge in [-0.3, -0.25) is 0 Å². The van der Waals surface area contributed by atoms with E-state index in [0.717, 1.165) is 49.7 Å². The average Bonchev–Trinajstić information content (AvgIpc) is 3.62. The number of nitriles is 1. The molecule has 5 nitrogen and oxygen atoms in total. The zero-order chi connectivity index (χ0) is 34.0. The molecule has 8 heteroatoms. The monoisotopic (exact) mass is 651 g/mol. The molecule has 0 amide bonds. The van der Waals surface area contributed by atoms with Gasteiger partial charge in [0.1, 0.15) is 23.1 Å². The van der Waals surface area contributed by atoms with Crippen molar-refractivity contribution in [2.75, 3.05) is 14.2 Å². The van der Waals surface area contributed by atoms with Gasteiger partial charge in [0.05, 0.1) is 53.2 Å². The zero-order valence-electron chi connectivity index (χ0n) is 26.8. The second-order valence-corrected chi connectivity index (χ2v) is 12.1. The van der Waals surface area contributed by atoms with Crippen LogP contribution in [0, 0.1) is 18.3 Å². The van der Waals surface area contributed by atoms with Crippen molar-refractivity contribution in [3.63, 3.8) is 0 Å². The highest BCUT2D eigenvalue weighted by molar-refractivity contribution is 6.11. The van der Waals surface area contributed by atoms with Crippen LogP contribution in [0.2, 0.25) is 0 Å². The molecule has 0 aliphatic heterocycles. The number of hydrogen-bond donors (Lipinski definition) is 0. The first-order chi connectivity index (χ1) is 23.7. The molecule has 0 bridgehead atoms. The largest absolute Gasteiger partial charge is 0.497 e. The number of aromatic nitrogens is 2. The van der Waals surface area contributed by atoms with E-state index in [9.17, 15) is 18.4 Å². The Hall–Kier alpha value is -6.20. The van der Waals surface area contributed by atoms with Crippen molar-refractivity contribution in [2.24, 2.45) is 0 Å². The van der Waals surface area contributed by atoms with Gasteiger partial charge in [0, 0.05) is 33.7 Å². The summed E-state index contributed by atoms with van der Waals surface area (Å²) in [5.74, 6) is 1.27. The lowest BCUT2D eigenvalue weighted by molar-refractivity contribution is -0.137. The fourth-order valence-corrected chi connectivity index (χ4v) is 7.03. The summed E-state index contributed by atoms with van der Waals surface area (Å²) in [5.41, 5.74) is 5.33. The molecule has 6 aromatic carbocycles. The number of alkyl halides is 3. The van der Waals surface area contributed by atoms with Gasteiger partial charge >= 0.3 is 6.18 Å². The lowest BCUT2D eigenvalue weighted by atomic mass is 9.96. The van der Waals surface area contributed by atoms with Gasteiger partial charge in [-0.15, -0.1) is 0 Å². The molecule has 2 aromatic heterocycles. The van der Waals surface area contributed by atoms with E-state index in [1.165, 1.54) is 6.07 Å². The van der Waals surface area contributed by atoms with Crippen molar-refractivity contribution in [2.45, 2.75) is 13.1 Å². The van der Waals surface area contributed by atoms with Crippen molar-refractivity contribution in [1.29, 1.82) is 5.26 Å². The van der Waals surface area contributed by atoms with Gasteiger partial charge in [-0.1, -0.05) is 42.5 Å². The molecule has 8 aromatic rings. The third kappa shape index (κ3) is 4.77. The molecule has 0 saturated heterocycles. The summed E-state index contributed by atoms with van der Waals surface area (Å²) < 4.78 is 57.7. The van der Waals surface area contributed by atoms with Crippen molar-refractivity contribution >= 4 is 43.6 Å². The van der Waals surface area contributed by atoms with Crippen LogP contribution in [0.15, 0.2) is 115 Å². The minimum Gasteiger partial charge on any atom is -0.497 e. The van der Waals surface area contributed by atoms with E-state index in [0.29, 0.717) is 45.1 Å². The van der Waals surface area contributed by atoms with Gasteiger partial charge in [0.15, 0.2) is 0 Å². The van der Waals surface area contributed by atoms with Gasteiger partial charge in [0.25, 0.3) is 0 Å². The first-order valence-corrected chi connectivity index (χ1v) is 15.6. The average molecular weight is 652 g/mol. The molecule has 240 valence electrons. The van der Waals surface area contributed by atoms with Crippen LogP contribution in [0.25, 0.3) is 66.1 Å². The van der Waals surface area contributed by atoms with E-state index >= 15 is 0 Å². The van der Waals surface area contributed by atoms with Gasteiger partial charge < -0.3 is 18.6 Å². The highest BCUT2D eigenvalue weighted by Crippen LogP contribution is 2.42. The standard InChI is InChI=1S/C41H28F3N3O2/c1-24-16-25(18-27(17-24)41(42,43)44)26-19-37(46-35-10-6-4-8-30(35)32-14-12-28(48-2)21-39(32)46)34(23-45)38(20-26)47-36-11-7-5-9-31(36)33-15-13-29(49-3)22-40(33)47/h4-22H,1-3H3. The van der Waals surface area contributed by atoms with Gasteiger partial charge in [-0.25, -0.2) is 0 Å². The number of methoxy groups -OCH3 is 2. The van der Waals surface area contributed by atoms with E-state index in [2.05, 4.69) is 6.07 Å². The molecule has 0 spiro atoms. The minimum absolute atomic E-state index is 0.350. The van der Waals surface area contributed by atoms with E-state index in [4.69, 9.17) is 9.47 Å². The third-order valence-electron chi connectivity index (χ3n) is 9.19. The quantitative estimate of drug-likeness (QED) is 0.186. The number of rotatable bonds is 5. The minimum atomic E-state index is -4.54. The number of aryl methyl sites for hydroxylation is 1. The number of benzene rings is 6. The predicted molar refractivity (Wildman–Crippen MR) is 188 cm³/mol. The number of fused-ring (bicyclic) bond motifs is 6. The summed E-state index contributed by atoms with van der Waals surface area (Å²) in [6.07, 6.45) is -4.54. The van der Waals surface area contributed by atoms with Crippen LogP contribution < -0.4 is 9.47 Å². The molecular weight excluding hydrogens is 623 g/mol. The van der Waals surface area contributed by atoms with Crippen LogP contribution in [0.4, 0.5) is 13.2 Å². The summed E-state index contributed by atoms with van der Waals surface area (Å²) in [6.45, 7) is 1.66. The summed E-state index contributed by atoms with van der Waals surface area (Å²) in [5, 5.41) is 14.9. The summed E-state index contributed by atoms with van der Waals surface area (Å²) in [6, 6.07) is 37.6. The van der Waals surface area contributed by atoms with E-state index in [1.807, 2.05) is 106 Å². The number of hydrogen-bond acceptors (Lipinski definition) is 3. The van der Waals surface area contributed by atoms with Crippen LogP contribution in [0.3, 0.4) is 0 Å². The number of halogens is 3. The first kappa shape index (κ1) is 30.2. The normalized spacial score (nSPS) is 11.9. The molecule has 2 heterocycles. The Morgan fingerprint density at radius 1 is 0.571 bits per heavy atom. The Morgan fingerprint density at radius 2 is 1.04 bits per heavy atom. The molecule has 0 fully saturated rings. The summed E-state index contributed by atoms with van der Waals surface area (Å²) in [4.78, 5) is 0. The van der Waals surface area contributed by atoms with Crippen LogP contribution in [-0.4, -0.2) is 23.4 Å². The van der Waals surface area contributed by atoms with Crippen LogP contribution in [0.5, 0.6) is 11.5 Å².